The standard InChI is InChI=1S/C60H80N10O7S/c1-40(42-25-27-43(28-26-42)55-41(2)62-39-78-55)63-58(75)50-35-46(71)37-70(50)59(76)56(60(3,4)5)64-53(73)23-12-10-8-6-7-9-11-13-24-54(74)68-32-30-67(31-33-68)44-18-16-19-45(34-44)69-29-17-20-47(38-69)77-52-36-49(65-66-57(52)61)48-21-14-15-22-51(48)72/h14-16,18-19,21-22,25-28,34,36,39-40,46-47,50,56,71-72H,6-13,17,20,23-24,29-33,35,37-38H2,1-5H3,(H2,61,66)(H,63,75)(H,64,73)/t40?,46-,47?,50+,56?/m1/s1. The van der Waals surface area contributed by atoms with E-state index in [1.54, 1.807) is 35.6 Å². The minimum absolute atomic E-state index is 0.0259. The van der Waals surface area contributed by atoms with Crippen molar-refractivity contribution < 1.29 is 34.1 Å². The summed E-state index contributed by atoms with van der Waals surface area (Å²) in [4.78, 5) is 68.0. The van der Waals surface area contributed by atoms with E-state index in [0.29, 0.717) is 55.9 Å². The lowest BCUT2D eigenvalue weighted by Gasteiger charge is -2.38. The number of nitrogen functional groups attached to an aromatic ring is 1. The normalized spacial score (nSPS) is 18.6. The van der Waals surface area contributed by atoms with Crippen LogP contribution in [-0.2, 0) is 19.2 Å². The van der Waals surface area contributed by atoms with E-state index in [1.807, 2.05) is 75.4 Å². The molecule has 17 nitrogen and oxygen atoms in total. The van der Waals surface area contributed by atoms with Gasteiger partial charge < -0.3 is 50.9 Å². The Kier molecular flexibility index (Phi) is 19.7. The van der Waals surface area contributed by atoms with Gasteiger partial charge in [-0.05, 0) is 86.4 Å². The van der Waals surface area contributed by atoms with E-state index in [-0.39, 0.29) is 60.3 Å². The number of aryl methyl sites for hydroxylation is 1. The Morgan fingerprint density at radius 2 is 1.49 bits per heavy atom. The van der Waals surface area contributed by atoms with Gasteiger partial charge in [0.2, 0.25) is 23.6 Å². The van der Waals surface area contributed by atoms with Crippen LogP contribution in [-0.4, -0.2) is 129 Å². The van der Waals surface area contributed by atoms with Crippen molar-refractivity contribution in [1.29, 1.82) is 0 Å². The lowest BCUT2D eigenvalue weighted by atomic mass is 9.85. The SMILES string of the molecule is Cc1ncsc1-c1ccc(C(C)NC(=O)[C@@H]2C[C@@H](O)CN2C(=O)C(NC(=O)CCCCCCCCCCC(=O)N2CCN(c3cccc(N4CCCC(Oc5cc(-c6ccccc6O)nnc5N)C4)c3)CC2)C(C)(C)C)cc1. The predicted octanol–water partition coefficient (Wildman–Crippen LogP) is 8.83. The molecule has 4 amide bonds. The molecule has 0 saturated carbocycles. The third kappa shape index (κ3) is 15.1. The van der Waals surface area contributed by atoms with Gasteiger partial charge in [0.05, 0.1) is 34.8 Å². The lowest BCUT2D eigenvalue weighted by molar-refractivity contribution is -0.144. The number of unbranched alkanes of at least 4 members (excludes halogenated alkanes) is 7. The third-order valence-corrected chi connectivity index (χ3v) is 16.4. The fourth-order valence-electron chi connectivity index (χ4n) is 10.9. The molecule has 0 bridgehead atoms. The number of benzene rings is 3. The van der Waals surface area contributed by atoms with Crippen molar-refractivity contribution in [3.05, 3.63) is 95.6 Å². The number of phenols is 1. The number of thiazole rings is 1. The molecule has 2 aromatic heterocycles. The Morgan fingerprint density at radius 3 is 2.17 bits per heavy atom. The molecule has 418 valence electrons. The second kappa shape index (κ2) is 26.7. The second-order valence-electron chi connectivity index (χ2n) is 22.4. The van der Waals surface area contributed by atoms with Crippen LogP contribution in [0.15, 0.2) is 84.4 Å². The molecule has 8 rings (SSSR count). The molecule has 3 fully saturated rings. The fourth-order valence-corrected chi connectivity index (χ4v) is 11.7. The van der Waals surface area contributed by atoms with Gasteiger partial charge in [-0.2, -0.15) is 0 Å². The summed E-state index contributed by atoms with van der Waals surface area (Å²) in [5.74, 6) is 0.117. The van der Waals surface area contributed by atoms with Crippen molar-refractivity contribution in [2.75, 3.05) is 61.3 Å². The Balaban J connectivity index is 0.687. The van der Waals surface area contributed by atoms with Crippen LogP contribution in [0.4, 0.5) is 17.2 Å². The molecule has 5 atom stereocenters. The van der Waals surface area contributed by atoms with E-state index in [0.717, 1.165) is 110 Å². The molecule has 5 heterocycles. The number of amides is 4. The van der Waals surface area contributed by atoms with Crippen LogP contribution >= 0.6 is 11.3 Å². The van der Waals surface area contributed by atoms with Gasteiger partial charge in [0.15, 0.2) is 11.6 Å². The van der Waals surface area contributed by atoms with Crippen molar-refractivity contribution in [3.8, 4) is 33.2 Å². The van der Waals surface area contributed by atoms with E-state index in [9.17, 15) is 29.4 Å². The number of carbonyl (C=O) groups excluding carboxylic acids is 4. The highest BCUT2D eigenvalue weighted by Crippen LogP contribution is 2.34. The van der Waals surface area contributed by atoms with Crippen LogP contribution < -0.4 is 30.9 Å². The number of aromatic hydroxyl groups is 1. The van der Waals surface area contributed by atoms with Crippen LogP contribution in [0.5, 0.6) is 11.5 Å². The largest absolute Gasteiger partial charge is 0.507 e. The van der Waals surface area contributed by atoms with Gasteiger partial charge in [0.25, 0.3) is 0 Å². The zero-order chi connectivity index (χ0) is 55.3. The van der Waals surface area contributed by atoms with Crippen molar-refractivity contribution in [2.24, 2.45) is 5.41 Å². The number of piperazine rings is 1. The summed E-state index contributed by atoms with van der Waals surface area (Å²) < 4.78 is 6.42. The summed E-state index contributed by atoms with van der Waals surface area (Å²) in [5.41, 5.74) is 13.7. The second-order valence-corrected chi connectivity index (χ2v) is 23.3. The number of β-amino-alcohol motifs (C(OH)–C–C–N with tert-alkyl or cyclic N) is 1. The van der Waals surface area contributed by atoms with E-state index in [4.69, 9.17) is 10.5 Å². The number of likely N-dealkylation sites (tertiary alicyclic amines) is 1. The van der Waals surface area contributed by atoms with Crippen LogP contribution in [0, 0.1) is 12.3 Å². The number of aliphatic hydroxyl groups excluding tert-OH is 1. The molecule has 3 aromatic carbocycles. The summed E-state index contributed by atoms with van der Waals surface area (Å²) in [6, 6.07) is 23.3. The number of piperidine rings is 1. The zero-order valence-electron chi connectivity index (χ0n) is 46.2. The Labute approximate surface area is 464 Å². The van der Waals surface area contributed by atoms with Crippen molar-refractivity contribution in [1.82, 2.24) is 35.6 Å². The predicted molar refractivity (Wildman–Crippen MR) is 307 cm³/mol. The Morgan fingerprint density at radius 1 is 0.808 bits per heavy atom. The smallest absolute Gasteiger partial charge is 0.246 e. The van der Waals surface area contributed by atoms with Crippen molar-refractivity contribution in [3.63, 3.8) is 0 Å². The number of nitrogens with zero attached hydrogens (tertiary/aromatic N) is 7. The molecular formula is C60H80N10O7S. The summed E-state index contributed by atoms with van der Waals surface area (Å²) in [5, 5.41) is 35.4. The van der Waals surface area contributed by atoms with E-state index >= 15 is 0 Å². The molecule has 3 aliphatic rings. The highest BCUT2D eigenvalue weighted by Gasteiger charge is 2.45. The Hall–Kier alpha value is -6.79. The molecule has 3 unspecified atom stereocenters. The molecule has 3 saturated heterocycles. The first-order valence-corrected chi connectivity index (χ1v) is 28.9. The van der Waals surface area contributed by atoms with E-state index in [1.165, 1.54) is 4.90 Å². The maximum atomic E-state index is 14.1. The number of carbonyl (C=O) groups is 4. The number of hydrogen-bond donors (Lipinski definition) is 5. The summed E-state index contributed by atoms with van der Waals surface area (Å²) in [6.07, 6.45) is 9.60. The molecule has 0 aliphatic carbocycles. The highest BCUT2D eigenvalue weighted by atomic mass is 32.1. The quantitative estimate of drug-likeness (QED) is 0.0410. The Bertz CT molecular complexity index is 2810. The first kappa shape index (κ1) is 57.4. The average Bonchev–Trinajstić information content (AvgIpc) is 4.12. The number of rotatable bonds is 22. The number of nitrogens with two attached hydrogens (primary N) is 1. The molecule has 18 heteroatoms. The van der Waals surface area contributed by atoms with E-state index in [2.05, 4.69) is 59.9 Å². The third-order valence-electron chi connectivity index (χ3n) is 15.4. The number of para-hydroxylation sites is 1. The highest BCUT2D eigenvalue weighted by molar-refractivity contribution is 7.13. The number of anilines is 3. The number of hydrogen-bond acceptors (Lipinski definition) is 14. The molecule has 5 aromatic rings. The monoisotopic (exact) mass is 1080 g/mol. The molecule has 0 radical (unpaired) electrons. The first-order chi connectivity index (χ1) is 37.5. The number of aliphatic hydroxyl groups is 1. The maximum Gasteiger partial charge on any atom is 0.246 e. The van der Waals surface area contributed by atoms with Gasteiger partial charge in [-0.15, -0.1) is 21.5 Å². The molecular weight excluding hydrogens is 1000 g/mol. The van der Waals surface area contributed by atoms with Gasteiger partial charge in [-0.3, -0.25) is 19.2 Å². The van der Waals surface area contributed by atoms with Crippen LogP contribution in [0.25, 0.3) is 21.7 Å². The number of nitrogens with one attached hydrogen (secondary N) is 2. The van der Waals surface area contributed by atoms with Crippen LogP contribution in [0.1, 0.15) is 128 Å². The molecule has 3 aliphatic heterocycles. The number of phenolic OH excluding ortho intramolecular Hbond substituents is 1. The average molecular weight is 1090 g/mol. The minimum atomic E-state index is -0.860. The number of aromatic nitrogens is 3. The molecule has 78 heavy (non-hydrogen) atoms. The van der Waals surface area contributed by atoms with Gasteiger partial charge in [-0.25, -0.2) is 4.98 Å². The molecule has 6 N–H and O–H groups in total. The summed E-state index contributed by atoms with van der Waals surface area (Å²) in [6.45, 7) is 14.2. The topological polar surface area (TPSA) is 220 Å². The van der Waals surface area contributed by atoms with Crippen molar-refractivity contribution in [2.45, 2.75) is 148 Å². The minimum Gasteiger partial charge on any atom is -0.507 e. The van der Waals surface area contributed by atoms with Gasteiger partial charge in [-0.1, -0.05) is 102 Å². The summed E-state index contributed by atoms with van der Waals surface area (Å²) >= 11 is 1.58. The summed E-state index contributed by atoms with van der Waals surface area (Å²) in [7, 11) is 0. The first-order valence-electron chi connectivity index (χ1n) is 28.1. The van der Waals surface area contributed by atoms with Crippen LogP contribution in [0.2, 0.25) is 0 Å². The van der Waals surface area contributed by atoms with Crippen LogP contribution in [0.3, 0.4) is 0 Å². The fraction of sp³-hybridized carbons (Fsp3) is 0.517. The van der Waals surface area contributed by atoms with Gasteiger partial charge in [0.1, 0.15) is 29.6 Å². The van der Waals surface area contributed by atoms with E-state index < -0.39 is 23.6 Å². The molecule has 0 spiro atoms. The maximum absolute atomic E-state index is 14.1. The van der Waals surface area contributed by atoms with Gasteiger partial charge >= 0.3 is 0 Å². The zero-order valence-corrected chi connectivity index (χ0v) is 47.0. The van der Waals surface area contributed by atoms with Gasteiger partial charge in [0, 0.05) is 81.5 Å². The van der Waals surface area contributed by atoms with Crippen molar-refractivity contribution >= 4 is 52.2 Å². The lowest BCUT2D eigenvalue weighted by Crippen LogP contribution is -2.57. The number of ether oxygens (including phenoxy) is 1.